The lowest BCUT2D eigenvalue weighted by molar-refractivity contribution is 0.511. The summed E-state index contributed by atoms with van der Waals surface area (Å²) >= 11 is 0. The van der Waals surface area contributed by atoms with E-state index in [1.54, 1.807) is 18.6 Å². The van der Waals surface area contributed by atoms with E-state index in [9.17, 15) is 0 Å². The van der Waals surface area contributed by atoms with Crippen molar-refractivity contribution >= 4 is 16.7 Å². The Labute approximate surface area is 116 Å². The molecule has 0 aromatic carbocycles. The van der Waals surface area contributed by atoms with Crippen molar-refractivity contribution in [2.24, 2.45) is 0 Å². The summed E-state index contributed by atoms with van der Waals surface area (Å²) in [6, 6.07) is 6.04. The topological polar surface area (TPSA) is 54.8 Å². The van der Waals surface area contributed by atoms with E-state index in [1.807, 2.05) is 24.5 Å². The third-order valence-corrected chi connectivity index (χ3v) is 3.69. The molecular weight excluding hydrogens is 250 g/mol. The van der Waals surface area contributed by atoms with E-state index in [2.05, 4.69) is 30.9 Å². The fourth-order valence-electron chi connectivity index (χ4n) is 2.62. The van der Waals surface area contributed by atoms with Gasteiger partial charge in [-0.3, -0.25) is 15.0 Å². The second-order valence-electron chi connectivity index (χ2n) is 4.94. The van der Waals surface area contributed by atoms with Gasteiger partial charge in [-0.1, -0.05) is 6.07 Å². The Morgan fingerprint density at radius 2 is 1.90 bits per heavy atom. The fraction of sp³-hybridized carbons (Fsp3) is 0.200. The lowest BCUT2D eigenvalue weighted by atomic mass is 9.94. The van der Waals surface area contributed by atoms with Crippen LogP contribution in [-0.2, 0) is 0 Å². The average molecular weight is 263 g/mol. The van der Waals surface area contributed by atoms with Gasteiger partial charge in [0.05, 0.1) is 17.4 Å². The lowest BCUT2D eigenvalue weighted by Gasteiger charge is -2.39. The van der Waals surface area contributed by atoms with Crippen molar-refractivity contribution in [2.45, 2.75) is 5.92 Å². The van der Waals surface area contributed by atoms with Crippen LogP contribution in [0.5, 0.6) is 0 Å². The highest BCUT2D eigenvalue weighted by molar-refractivity contribution is 5.80. The smallest absolute Gasteiger partial charge is 0.147 e. The highest BCUT2D eigenvalue weighted by Crippen LogP contribution is 2.31. The van der Waals surface area contributed by atoms with E-state index in [4.69, 9.17) is 0 Å². The van der Waals surface area contributed by atoms with E-state index in [-0.39, 0.29) is 0 Å². The minimum absolute atomic E-state index is 0.413. The number of nitrogens with zero attached hydrogens (tertiary/aromatic N) is 5. The molecule has 5 heteroatoms. The standard InChI is InChI=1S/C15H13N5/c1-2-11-3-5-19-15(14(11)18-4-1)12-9-20(10-12)13-8-16-6-7-17-13/h1-8,12H,9-10H2. The number of rotatable bonds is 2. The maximum absolute atomic E-state index is 4.53. The molecule has 5 nitrogen and oxygen atoms in total. The quantitative estimate of drug-likeness (QED) is 0.708. The summed E-state index contributed by atoms with van der Waals surface area (Å²) in [7, 11) is 0. The van der Waals surface area contributed by atoms with E-state index in [0.29, 0.717) is 5.92 Å². The van der Waals surface area contributed by atoms with Gasteiger partial charge in [-0.25, -0.2) is 4.98 Å². The van der Waals surface area contributed by atoms with Crippen LogP contribution in [0.2, 0.25) is 0 Å². The summed E-state index contributed by atoms with van der Waals surface area (Å²) in [5.74, 6) is 1.34. The molecule has 0 unspecified atom stereocenters. The van der Waals surface area contributed by atoms with Crippen molar-refractivity contribution in [1.82, 2.24) is 19.9 Å². The van der Waals surface area contributed by atoms with Gasteiger partial charge in [0.1, 0.15) is 5.82 Å². The molecule has 1 saturated heterocycles. The molecule has 1 aliphatic heterocycles. The van der Waals surface area contributed by atoms with Gasteiger partial charge in [-0.2, -0.15) is 0 Å². The van der Waals surface area contributed by atoms with Crippen molar-refractivity contribution in [1.29, 1.82) is 0 Å². The molecule has 3 aromatic heterocycles. The summed E-state index contributed by atoms with van der Waals surface area (Å²) in [6.45, 7) is 1.84. The summed E-state index contributed by atoms with van der Waals surface area (Å²) < 4.78 is 0. The van der Waals surface area contributed by atoms with Crippen molar-refractivity contribution < 1.29 is 0 Å². The Balaban J connectivity index is 1.61. The molecule has 4 heterocycles. The maximum atomic E-state index is 4.53. The number of pyridine rings is 2. The molecular formula is C15H13N5. The Hall–Kier alpha value is -2.56. The zero-order valence-corrected chi connectivity index (χ0v) is 10.8. The first-order valence-electron chi connectivity index (χ1n) is 6.62. The number of hydrogen-bond acceptors (Lipinski definition) is 5. The molecule has 0 amide bonds. The molecule has 0 atom stereocenters. The highest BCUT2D eigenvalue weighted by Gasteiger charge is 2.31. The van der Waals surface area contributed by atoms with Crippen LogP contribution in [0.4, 0.5) is 5.82 Å². The monoisotopic (exact) mass is 263 g/mol. The molecule has 0 spiro atoms. The van der Waals surface area contributed by atoms with Crippen molar-refractivity contribution in [3.8, 4) is 0 Å². The molecule has 1 fully saturated rings. The Morgan fingerprint density at radius 1 is 0.950 bits per heavy atom. The largest absolute Gasteiger partial charge is 0.354 e. The maximum Gasteiger partial charge on any atom is 0.147 e. The zero-order chi connectivity index (χ0) is 13.4. The molecule has 3 aromatic rings. The Kier molecular flexibility index (Phi) is 2.55. The average Bonchev–Trinajstić information content (AvgIpc) is 2.47. The van der Waals surface area contributed by atoms with Crippen LogP contribution in [0.3, 0.4) is 0 Å². The minimum Gasteiger partial charge on any atom is -0.354 e. The number of aromatic nitrogens is 4. The van der Waals surface area contributed by atoms with Gasteiger partial charge in [0.15, 0.2) is 0 Å². The van der Waals surface area contributed by atoms with Crippen molar-refractivity contribution in [3.05, 3.63) is 54.9 Å². The third-order valence-electron chi connectivity index (χ3n) is 3.69. The third kappa shape index (κ3) is 1.79. The predicted octanol–water partition coefficient (Wildman–Crippen LogP) is 2.02. The molecule has 98 valence electrons. The lowest BCUT2D eigenvalue weighted by Crippen LogP contribution is -2.46. The van der Waals surface area contributed by atoms with Crippen LogP contribution < -0.4 is 4.90 Å². The highest BCUT2D eigenvalue weighted by atomic mass is 15.2. The molecule has 1 aliphatic rings. The van der Waals surface area contributed by atoms with E-state index in [0.717, 1.165) is 35.5 Å². The minimum atomic E-state index is 0.413. The molecule has 4 rings (SSSR count). The van der Waals surface area contributed by atoms with Crippen LogP contribution in [0.25, 0.3) is 10.9 Å². The van der Waals surface area contributed by atoms with E-state index >= 15 is 0 Å². The number of fused-ring (bicyclic) bond motifs is 1. The van der Waals surface area contributed by atoms with Crippen LogP contribution >= 0.6 is 0 Å². The number of hydrogen-bond donors (Lipinski definition) is 0. The molecule has 0 saturated carbocycles. The van der Waals surface area contributed by atoms with Gasteiger partial charge < -0.3 is 4.90 Å². The normalized spacial score (nSPS) is 15.3. The molecule has 0 radical (unpaired) electrons. The van der Waals surface area contributed by atoms with Crippen LogP contribution in [0.1, 0.15) is 11.6 Å². The Morgan fingerprint density at radius 3 is 2.75 bits per heavy atom. The Bertz CT molecular complexity index is 732. The SMILES string of the molecule is c1cnc2c(C3CN(c4cnccn4)C3)nccc2c1. The zero-order valence-electron chi connectivity index (χ0n) is 10.8. The van der Waals surface area contributed by atoms with Gasteiger partial charge in [-0.05, 0) is 12.1 Å². The van der Waals surface area contributed by atoms with Gasteiger partial charge >= 0.3 is 0 Å². The fourth-order valence-corrected chi connectivity index (χ4v) is 2.62. The summed E-state index contributed by atoms with van der Waals surface area (Å²) in [6.07, 6.45) is 8.90. The summed E-state index contributed by atoms with van der Waals surface area (Å²) in [4.78, 5) is 19.6. The molecule has 20 heavy (non-hydrogen) atoms. The first kappa shape index (κ1) is 11.3. The second kappa shape index (κ2) is 4.52. The van der Waals surface area contributed by atoms with E-state index < -0.39 is 0 Å². The first-order chi connectivity index (χ1) is 9.92. The van der Waals surface area contributed by atoms with Gasteiger partial charge in [-0.15, -0.1) is 0 Å². The van der Waals surface area contributed by atoms with Crippen LogP contribution in [-0.4, -0.2) is 33.0 Å². The van der Waals surface area contributed by atoms with E-state index in [1.165, 1.54) is 0 Å². The molecule has 0 N–H and O–H groups in total. The van der Waals surface area contributed by atoms with Gasteiger partial charge in [0.2, 0.25) is 0 Å². The van der Waals surface area contributed by atoms with Gasteiger partial charge in [0, 0.05) is 49.2 Å². The van der Waals surface area contributed by atoms with Crippen molar-refractivity contribution in [2.75, 3.05) is 18.0 Å². The van der Waals surface area contributed by atoms with Gasteiger partial charge in [0.25, 0.3) is 0 Å². The predicted molar refractivity (Wildman–Crippen MR) is 76.5 cm³/mol. The number of anilines is 1. The van der Waals surface area contributed by atoms with Crippen molar-refractivity contribution in [3.63, 3.8) is 0 Å². The molecule has 0 bridgehead atoms. The second-order valence-corrected chi connectivity index (χ2v) is 4.94. The summed E-state index contributed by atoms with van der Waals surface area (Å²) in [5.41, 5.74) is 2.10. The summed E-state index contributed by atoms with van der Waals surface area (Å²) in [5, 5.41) is 1.15. The van der Waals surface area contributed by atoms with Crippen LogP contribution in [0, 0.1) is 0 Å². The molecule has 0 aliphatic carbocycles. The van der Waals surface area contributed by atoms with Crippen LogP contribution in [0.15, 0.2) is 49.2 Å². The first-order valence-corrected chi connectivity index (χ1v) is 6.62.